The molecule has 0 spiro atoms. The molecule has 0 amide bonds. The molecule has 0 aromatic carbocycles. The molecule has 0 radical (unpaired) electrons. The van der Waals surface area contributed by atoms with Gasteiger partial charge in [-0.05, 0) is 48.8 Å². The number of ether oxygens (including phenoxy) is 1. The molecule has 0 aromatic rings. The first-order valence-corrected chi connectivity index (χ1v) is 4.33. The van der Waals surface area contributed by atoms with E-state index >= 15 is 0 Å². The maximum Gasteiger partial charge on any atom is 0.120 e. The molecule has 0 saturated heterocycles. The Morgan fingerprint density at radius 3 is 2.86 bits per heavy atom. The van der Waals surface area contributed by atoms with E-state index in [-0.39, 0.29) is 6.10 Å². The zero-order chi connectivity index (χ0) is 10.1. The smallest absolute Gasteiger partial charge is 0.120 e. The Balaban J connectivity index is 2.31. The van der Waals surface area contributed by atoms with Crippen LogP contribution in [-0.2, 0) is 4.74 Å². The van der Waals surface area contributed by atoms with Crippen molar-refractivity contribution in [3.8, 4) is 35.5 Å². The first-order valence-electron chi connectivity index (χ1n) is 4.33. The van der Waals surface area contributed by atoms with Crippen LogP contribution in [0.15, 0.2) is 24.5 Å². The van der Waals surface area contributed by atoms with Crippen LogP contribution in [-0.4, -0.2) is 6.10 Å². The fourth-order valence-electron chi connectivity index (χ4n) is 0.884. The average Bonchev–Trinajstić information content (AvgIpc) is 2.69. The van der Waals surface area contributed by atoms with Crippen LogP contribution < -0.4 is 0 Å². The largest absolute Gasteiger partial charge is 0.494 e. The van der Waals surface area contributed by atoms with Crippen LogP contribution in [0.5, 0.6) is 0 Å². The van der Waals surface area contributed by atoms with Gasteiger partial charge < -0.3 is 4.74 Å². The lowest BCUT2D eigenvalue weighted by Gasteiger charge is -2.00. The predicted octanol–water partition coefficient (Wildman–Crippen LogP) is 1.88. The van der Waals surface area contributed by atoms with E-state index in [4.69, 9.17) is 4.74 Å². The molecule has 0 fully saturated rings. The van der Waals surface area contributed by atoms with E-state index < -0.39 is 0 Å². The molecule has 1 atom stereocenters. The van der Waals surface area contributed by atoms with Crippen molar-refractivity contribution < 1.29 is 4.74 Å². The molecular weight excluding hydrogens is 172 g/mol. The van der Waals surface area contributed by atoms with Crippen LogP contribution in [0.4, 0.5) is 0 Å². The summed E-state index contributed by atoms with van der Waals surface area (Å²) < 4.78 is 5.20. The van der Waals surface area contributed by atoms with E-state index in [0.717, 1.165) is 6.42 Å². The summed E-state index contributed by atoms with van der Waals surface area (Å²) in [5, 5.41) is 0. The molecule has 1 nitrogen and oxygen atoms in total. The van der Waals surface area contributed by atoms with Crippen molar-refractivity contribution >= 4 is 0 Å². The Morgan fingerprint density at radius 2 is 2.14 bits per heavy atom. The molecule has 0 unspecified atom stereocenters. The summed E-state index contributed by atoms with van der Waals surface area (Å²) in [6.07, 6.45) is 8.43. The Kier molecular flexibility index (Phi) is 4.64. The summed E-state index contributed by atoms with van der Waals surface area (Å²) in [6, 6.07) is 0. The highest BCUT2D eigenvalue weighted by molar-refractivity contribution is 5.37. The van der Waals surface area contributed by atoms with Crippen LogP contribution in [0, 0.1) is 35.5 Å². The maximum atomic E-state index is 5.20. The number of rotatable bonds is 1. The van der Waals surface area contributed by atoms with Crippen LogP contribution in [0.1, 0.15) is 13.3 Å². The van der Waals surface area contributed by atoms with Crippen molar-refractivity contribution in [1.82, 2.24) is 0 Å². The molecule has 1 heteroatoms. The highest BCUT2D eigenvalue weighted by Crippen LogP contribution is 2.08. The lowest BCUT2D eigenvalue weighted by Crippen LogP contribution is -1.97. The minimum atomic E-state index is 0.146. The zero-order valence-corrected chi connectivity index (χ0v) is 8.00. The summed E-state index contributed by atoms with van der Waals surface area (Å²) in [4.78, 5) is 0. The van der Waals surface area contributed by atoms with Crippen molar-refractivity contribution in [2.75, 3.05) is 0 Å². The van der Waals surface area contributed by atoms with E-state index in [2.05, 4.69) is 35.5 Å². The monoisotopic (exact) mass is 182 g/mol. The molecule has 0 bridgehead atoms. The van der Waals surface area contributed by atoms with Gasteiger partial charge in [-0.1, -0.05) is 11.8 Å². The molecule has 1 heterocycles. The molecule has 1 aliphatic heterocycles. The molecule has 1 aliphatic rings. The summed E-state index contributed by atoms with van der Waals surface area (Å²) in [5.74, 6) is 16.0. The SMILES string of the molecule is CC#CC#CC#C/C=C/[C@H]1CC=CO1. The van der Waals surface area contributed by atoms with Gasteiger partial charge in [0, 0.05) is 6.42 Å². The first kappa shape index (κ1) is 10.0. The summed E-state index contributed by atoms with van der Waals surface area (Å²) >= 11 is 0. The average molecular weight is 182 g/mol. The normalized spacial score (nSPS) is 17.1. The Labute approximate surface area is 84.8 Å². The van der Waals surface area contributed by atoms with Gasteiger partial charge in [-0.15, -0.1) is 0 Å². The van der Waals surface area contributed by atoms with Crippen molar-refractivity contribution in [2.24, 2.45) is 0 Å². The molecular formula is C13H10O. The summed E-state index contributed by atoms with van der Waals surface area (Å²) in [7, 11) is 0. The van der Waals surface area contributed by atoms with E-state index in [1.807, 2.05) is 12.2 Å². The summed E-state index contributed by atoms with van der Waals surface area (Å²) in [5.41, 5.74) is 0. The molecule has 14 heavy (non-hydrogen) atoms. The van der Waals surface area contributed by atoms with Crippen molar-refractivity contribution in [3.63, 3.8) is 0 Å². The van der Waals surface area contributed by atoms with Crippen LogP contribution in [0.2, 0.25) is 0 Å². The third kappa shape index (κ3) is 4.10. The highest BCUT2D eigenvalue weighted by atomic mass is 16.5. The molecule has 0 aromatic heterocycles. The van der Waals surface area contributed by atoms with Gasteiger partial charge in [0.25, 0.3) is 0 Å². The quantitative estimate of drug-likeness (QED) is 0.562. The van der Waals surface area contributed by atoms with Gasteiger partial charge >= 0.3 is 0 Å². The van der Waals surface area contributed by atoms with Crippen LogP contribution in [0.3, 0.4) is 0 Å². The van der Waals surface area contributed by atoms with Crippen LogP contribution >= 0.6 is 0 Å². The lowest BCUT2D eigenvalue weighted by molar-refractivity contribution is 0.214. The second-order valence-electron chi connectivity index (χ2n) is 2.54. The number of allylic oxidation sites excluding steroid dienone is 1. The molecule has 0 aliphatic carbocycles. The van der Waals surface area contributed by atoms with E-state index in [1.165, 1.54) is 0 Å². The number of hydrogen-bond donors (Lipinski definition) is 0. The van der Waals surface area contributed by atoms with Gasteiger partial charge in [-0.25, -0.2) is 0 Å². The van der Waals surface area contributed by atoms with E-state index in [9.17, 15) is 0 Å². The molecule has 68 valence electrons. The minimum absolute atomic E-state index is 0.146. The number of hydrogen-bond acceptors (Lipinski definition) is 1. The van der Waals surface area contributed by atoms with Gasteiger partial charge in [0.05, 0.1) is 6.26 Å². The second kappa shape index (κ2) is 6.47. The van der Waals surface area contributed by atoms with E-state index in [1.54, 1.807) is 19.3 Å². The standard InChI is InChI=1S/C13H10O/c1-2-3-4-5-6-7-8-10-13-11-9-12-14-13/h8-10,12-13H,11H2,1H3/b10-8+/t13-/m0/s1. The third-order valence-corrected chi connectivity index (χ3v) is 1.50. The van der Waals surface area contributed by atoms with Gasteiger partial charge in [0.15, 0.2) is 0 Å². The minimum Gasteiger partial charge on any atom is -0.494 e. The zero-order valence-electron chi connectivity index (χ0n) is 8.00. The predicted molar refractivity (Wildman–Crippen MR) is 56.8 cm³/mol. The van der Waals surface area contributed by atoms with Gasteiger partial charge in [0.2, 0.25) is 0 Å². The Hall–Kier alpha value is -2.04. The Bertz CT molecular complexity index is 399. The molecule has 0 N–H and O–H groups in total. The fraction of sp³-hybridized carbons (Fsp3) is 0.231. The molecule has 0 saturated carbocycles. The van der Waals surface area contributed by atoms with Crippen molar-refractivity contribution in [2.45, 2.75) is 19.4 Å². The molecule has 1 rings (SSSR count). The maximum absolute atomic E-state index is 5.20. The van der Waals surface area contributed by atoms with E-state index in [0.29, 0.717) is 0 Å². The van der Waals surface area contributed by atoms with Crippen LogP contribution in [0.25, 0.3) is 0 Å². The Morgan fingerprint density at radius 1 is 1.29 bits per heavy atom. The fourth-order valence-corrected chi connectivity index (χ4v) is 0.884. The van der Waals surface area contributed by atoms with Crippen molar-refractivity contribution in [1.29, 1.82) is 0 Å². The first-order chi connectivity index (χ1) is 6.93. The van der Waals surface area contributed by atoms with Gasteiger partial charge in [-0.3, -0.25) is 0 Å². The van der Waals surface area contributed by atoms with Gasteiger partial charge in [-0.2, -0.15) is 0 Å². The van der Waals surface area contributed by atoms with Gasteiger partial charge in [0.1, 0.15) is 6.10 Å². The topological polar surface area (TPSA) is 9.23 Å². The lowest BCUT2D eigenvalue weighted by atomic mass is 10.2. The third-order valence-electron chi connectivity index (χ3n) is 1.50. The second-order valence-corrected chi connectivity index (χ2v) is 2.54. The summed E-state index contributed by atoms with van der Waals surface area (Å²) in [6.45, 7) is 1.74. The van der Waals surface area contributed by atoms with Crippen molar-refractivity contribution in [3.05, 3.63) is 24.5 Å². The highest BCUT2D eigenvalue weighted by Gasteiger charge is 2.04.